The number of carbonyl (C=O) groups excluding carboxylic acids is 1. The van der Waals surface area contributed by atoms with E-state index in [2.05, 4.69) is 15.4 Å². The van der Waals surface area contributed by atoms with E-state index in [0.717, 1.165) is 0 Å². The van der Waals surface area contributed by atoms with Crippen LogP contribution in [-0.2, 0) is 4.79 Å². The lowest BCUT2D eigenvalue weighted by Crippen LogP contribution is -2.43. The monoisotopic (exact) mass is 164 g/mol. The van der Waals surface area contributed by atoms with Crippen molar-refractivity contribution in [2.75, 3.05) is 6.54 Å². The highest BCUT2D eigenvalue weighted by Gasteiger charge is 2.23. The molecule has 0 aromatic heterocycles. The lowest BCUT2D eigenvalue weighted by molar-refractivity contribution is -0.118. The van der Waals surface area contributed by atoms with Crippen molar-refractivity contribution in [2.45, 2.75) is 6.92 Å². The fourth-order valence-electron chi connectivity index (χ4n) is 1.12. The predicted molar refractivity (Wildman–Crippen MR) is 44.5 cm³/mol. The van der Waals surface area contributed by atoms with Gasteiger partial charge in [-0.1, -0.05) is 0 Å². The van der Waals surface area contributed by atoms with Crippen LogP contribution >= 0.6 is 0 Å². The Bertz CT molecular complexity index is 315. The number of nitrogens with one attached hydrogen (secondary N) is 1. The highest BCUT2D eigenvalue weighted by Crippen LogP contribution is 2.11. The summed E-state index contributed by atoms with van der Waals surface area (Å²) in [5.74, 6) is 0.479. The summed E-state index contributed by atoms with van der Waals surface area (Å²) < 4.78 is 0. The molecule has 0 spiro atoms. The van der Waals surface area contributed by atoms with Crippen LogP contribution in [-0.4, -0.2) is 29.5 Å². The molecule has 0 radical (unpaired) electrons. The maximum Gasteiger partial charge on any atom is 0.276 e. The Labute approximate surface area is 69.5 Å². The van der Waals surface area contributed by atoms with Crippen LogP contribution in [0.25, 0.3) is 0 Å². The molecule has 0 aromatic rings. The zero-order valence-electron chi connectivity index (χ0n) is 6.61. The Morgan fingerprint density at radius 3 is 3.33 bits per heavy atom. The molecule has 0 bridgehead atoms. The number of hydrogen-bond acceptors (Lipinski definition) is 4. The molecule has 1 N–H and O–H groups in total. The summed E-state index contributed by atoms with van der Waals surface area (Å²) in [6.45, 7) is 2.32. The summed E-state index contributed by atoms with van der Waals surface area (Å²) in [5.41, 5.74) is 0.503. The molecule has 62 valence electrons. The van der Waals surface area contributed by atoms with Gasteiger partial charge in [0.15, 0.2) is 0 Å². The number of aliphatic imine (C=N–C) groups is 1. The van der Waals surface area contributed by atoms with Gasteiger partial charge in [0, 0.05) is 6.21 Å². The lowest BCUT2D eigenvalue weighted by Gasteiger charge is -2.26. The molecular weight excluding hydrogens is 156 g/mol. The third-order valence-corrected chi connectivity index (χ3v) is 1.63. The van der Waals surface area contributed by atoms with Gasteiger partial charge in [0.05, 0.1) is 12.7 Å². The molecule has 0 unspecified atom stereocenters. The summed E-state index contributed by atoms with van der Waals surface area (Å²) in [4.78, 5) is 15.1. The van der Waals surface area contributed by atoms with Crippen molar-refractivity contribution in [3.8, 4) is 0 Å². The van der Waals surface area contributed by atoms with Crippen molar-refractivity contribution < 1.29 is 4.79 Å². The van der Waals surface area contributed by atoms with Crippen LogP contribution in [0.3, 0.4) is 0 Å². The Morgan fingerprint density at radius 2 is 2.50 bits per heavy atom. The van der Waals surface area contributed by atoms with Crippen LogP contribution in [0.2, 0.25) is 0 Å². The van der Waals surface area contributed by atoms with Gasteiger partial charge in [-0.05, 0) is 6.92 Å². The summed E-state index contributed by atoms with van der Waals surface area (Å²) in [6.07, 6.45) is 3.22. The van der Waals surface area contributed by atoms with E-state index in [0.29, 0.717) is 18.1 Å². The lowest BCUT2D eigenvalue weighted by atomic mass is 10.3. The number of hydrazone groups is 1. The van der Waals surface area contributed by atoms with Gasteiger partial charge in [-0.25, -0.2) is 0 Å². The topological polar surface area (TPSA) is 57.1 Å². The Balaban J connectivity index is 2.39. The zero-order chi connectivity index (χ0) is 8.55. The van der Waals surface area contributed by atoms with Crippen LogP contribution in [0.1, 0.15) is 6.92 Å². The Hall–Kier alpha value is -1.65. The van der Waals surface area contributed by atoms with Gasteiger partial charge >= 0.3 is 0 Å². The van der Waals surface area contributed by atoms with E-state index in [1.165, 1.54) is 6.20 Å². The second-order valence-electron chi connectivity index (χ2n) is 2.57. The molecule has 0 saturated carbocycles. The number of rotatable bonds is 0. The summed E-state index contributed by atoms with van der Waals surface area (Å²) in [5, 5.41) is 8.34. The number of amidine groups is 1. The first-order valence-corrected chi connectivity index (χ1v) is 3.63. The summed E-state index contributed by atoms with van der Waals surface area (Å²) in [6, 6.07) is 0. The van der Waals surface area contributed by atoms with E-state index in [1.807, 2.05) is 0 Å². The number of hydrogen-bond donors (Lipinski definition) is 1. The molecule has 2 heterocycles. The minimum absolute atomic E-state index is 0.139. The molecule has 2 aliphatic heterocycles. The van der Waals surface area contributed by atoms with Gasteiger partial charge in [-0.15, -0.1) is 0 Å². The molecule has 5 nitrogen and oxygen atoms in total. The molecule has 0 fully saturated rings. The highest BCUT2D eigenvalue weighted by atomic mass is 16.2. The first kappa shape index (κ1) is 7.02. The molecule has 0 atom stereocenters. The SMILES string of the molecule is CC1=NN2CC=NC=C2C(=O)N1. The van der Waals surface area contributed by atoms with Gasteiger partial charge in [0.2, 0.25) is 0 Å². The second-order valence-corrected chi connectivity index (χ2v) is 2.57. The first-order chi connectivity index (χ1) is 5.77. The van der Waals surface area contributed by atoms with Gasteiger partial charge < -0.3 is 5.32 Å². The average molecular weight is 164 g/mol. The standard InChI is InChI=1S/C7H8N4O/c1-5-9-7(12)6-4-8-2-3-11(6)10-5/h2,4H,3H2,1H3,(H,9,10,12). The van der Waals surface area contributed by atoms with Crippen molar-refractivity contribution in [3.05, 3.63) is 11.9 Å². The maximum absolute atomic E-state index is 11.3. The minimum Gasteiger partial charge on any atom is -0.307 e. The molecule has 2 aliphatic rings. The normalized spacial score (nSPS) is 21.1. The fraction of sp³-hybridized carbons (Fsp3) is 0.286. The first-order valence-electron chi connectivity index (χ1n) is 3.63. The average Bonchev–Trinajstić information content (AvgIpc) is 2.04. The second kappa shape index (κ2) is 2.44. The van der Waals surface area contributed by atoms with Gasteiger partial charge in [-0.3, -0.25) is 14.8 Å². The van der Waals surface area contributed by atoms with E-state index in [4.69, 9.17) is 0 Å². The van der Waals surface area contributed by atoms with Gasteiger partial charge in [0.25, 0.3) is 5.91 Å². The number of amides is 1. The third kappa shape index (κ3) is 0.990. The van der Waals surface area contributed by atoms with E-state index in [-0.39, 0.29) is 5.91 Å². The van der Waals surface area contributed by atoms with Crippen molar-refractivity contribution >= 4 is 18.0 Å². The summed E-state index contributed by atoms with van der Waals surface area (Å²) >= 11 is 0. The quantitative estimate of drug-likeness (QED) is 0.533. The minimum atomic E-state index is -0.139. The third-order valence-electron chi connectivity index (χ3n) is 1.63. The van der Waals surface area contributed by atoms with Crippen LogP contribution < -0.4 is 5.32 Å². The van der Waals surface area contributed by atoms with Gasteiger partial charge in [0.1, 0.15) is 11.5 Å². The van der Waals surface area contributed by atoms with Crippen molar-refractivity contribution in [3.63, 3.8) is 0 Å². The maximum atomic E-state index is 11.3. The highest BCUT2D eigenvalue weighted by molar-refractivity contribution is 6.07. The number of fused-ring (bicyclic) bond motifs is 1. The fourth-order valence-corrected chi connectivity index (χ4v) is 1.12. The molecule has 0 aliphatic carbocycles. The molecule has 0 aromatic carbocycles. The number of carbonyl (C=O) groups is 1. The van der Waals surface area contributed by atoms with Crippen LogP contribution in [0.5, 0.6) is 0 Å². The van der Waals surface area contributed by atoms with Crippen molar-refractivity contribution in [2.24, 2.45) is 10.1 Å². The molecule has 1 amide bonds. The molecule has 5 heteroatoms. The van der Waals surface area contributed by atoms with Crippen molar-refractivity contribution in [1.82, 2.24) is 10.3 Å². The van der Waals surface area contributed by atoms with E-state index in [1.54, 1.807) is 18.1 Å². The van der Waals surface area contributed by atoms with Gasteiger partial charge in [-0.2, -0.15) is 5.10 Å². The van der Waals surface area contributed by atoms with Crippen LogP contribution in [0.15, 0.2) is 22.0 Å². The van der Waals surface area contributed by atoms with E-state index < -0.39 is 0 Å². The predicted octanol–water partition coefficient (Wildman–Crippen LogP) is -0.323. The van der Waals surface area contributed by atoms with Crippen LogP contribution in [0.4, 0.5) is 0 Å². The van der Waals surface area contributed by atoms with E-state index >= 15 is 0 Å². The molecule has 2 rings (SSSR count). The summed E-state index contributed by atoms with van der Waals surface area (Å²) in [7, 11) is 0. The van der Waals surface area contributed by atoms with Crippen molar-refractivity contribution in [1.29, 1.82) is 0 Å². The molecular formula is C7H8N4O. The smallest absolute Gasteiger partial charge is 0.276 e. The van der Waals surface area contributed by atoms with E-state index in [9.17, 15) is 4.79 Å². The number of nitrogens with zero attached hydrogens (tertiary/aromatic N) is 3. The largest absolute Gasteiger partial charge is 0.307 e. The molecule has 0 saturated heterocycles. The molecule has 12 heavy (non-hydrogen) atoms. The Kier molecular flexibility index (Phi) is 1.43. The van der Waals surface area contributed by atoms with Crippen LogP contribution in [0, 0.1) is 0 Å². The zero-order valence-corrected chi connectivity index (χ0v) is 6.61. The Morgan fingerprint density at radius 1 is 1.67 bits per heavy atom.